The average Bonchev–Trinajstić information content (AvgIpc) is 2.28. The lowest BCUT2D eigenvalue weighted by Crippen LogP contribution is -2.43. The van der Waals surface area contributed by atoms with Gasteiger partial charge < -0.3 is 10.2 Å². The van der Waals surface area contributed by atoms with Crippen LogP contribution in [0.5, 0.6) is 0 Å². The van der Waals surface area contributed by atoms with Crippen LogP contribution in [0.2, 0.25) is 0 Å². The van der Waals surface area contributed by atoms with Crippen LogP contribution in [-0.4, -0.2) is 22.3 Å². The normalized spacial score (nSPS) is 28.8. The zero-order chi connectivity index (χ0) is 12.3. The molecule has 0 radical (unpaired) electrons. The van der Waals surface area contributed by atoms with E-state index in [9.17, 15) is 9.90 Å². The summed E-state index contributed by atoms with van der Waals surface area (Å²) in [5, 5.41) is 18.6. The van der Waals surface area contributed by atoms with Gasteiger partial charge in [0, 0.05) is 5.41 Å². The smallest absolute Gasteiger partial charge is 0.333 e. The van der Waals surface area contributed by atoms with Crippen molar-refractivity contribution in [1.29, 1.82) is 0 Å². The Morgan fingerprint density at radius 3 is 2.19 bits per heavy atom. The number of hydrogen-bond acceptors (Lipinski definition) is 2. The van der Waals surface area contributed by atoms with Crippen molar-refractivity contribution in [2.75, 3.05) is 0 Å². The fraction of sp³-hybridized carbons (Fsp3) is 0.923. The third-order valence-corrected chi connectivity index (χ3v) is 4.41. The van der Waals surface area contributed by atoms with E-state index in [1.165, 1.54) is 19.3 Å². The molecule has 1 unspecified atom stereocenters. The van der Waals surface area contributed by atoms with Gasteiger partial charge in [0.05, 0.1) is 0 Å². The third kappa shape index (κ3) is 2.76. The maximum Gasteiger partial charge on any atom is 0.333 e. The van der Waals surface area contributed by atoms with Crippen molar-refractivity contribution >= 4 is 5.97 Å². The van der Waals surface area contributed by atoms with Gasteiger partial charge in [-0.25, -0.2) is 4.79 Å². The minimum Gasteiger partial charge on any atom is -0.479 e. The molecule has 1 saturated carbocycles. The van der Waals surface area contributed by atoms with Crippen molar-refractivity contribution < 1.29 is 15.0 Å². The lowest BCUT2D eigenvalue weighted by atomic mass is 9.66. The number of hydrogen-bond donors (Lipinski definition) is 2. The highest BCUT2D eigenvalue weighted by Gasteiger charge is 2.41. The lowest BCUT2D eigenvalue weighted by Gasteiger charge is -2.40. The van der Waals surface area contributed by atoms with E-state index in [1.54, 1.807) is 0 Å². The molecule has 2 N–H and O–H groups in total. The molecule has 1 aliphatic rings. The molecule has 3 heteroatoms. The molecule has 0 aromatic rings. The molecule has 1 atom stereocenters. The molecular weight excluding hydrogens is 204 g/mol. The molecule has 0 aliphatic heterocycles. The van der Waals surface area contributed by atoms with Gasteiger partial charge in [0.25, 0.3) is 0 Å². The minimum atomic E-state index is -1.24. The fourth-order valence-corrected chi connectivity index (χ4v) is 2.86. The molecule has 0 bridgehead atoms. The van der Waals surface area contributed by atoms with E-state index in [2.05, 4.69) is 6.92 Å². The Morgan fingerprint density at radius 2 is 1.81 bits per heavy atom. The number of carboxylic acid groups (broad SMARTS) is 1. The second-order valence-corrected chi connectivity index (χ2v) is 5.69. The Hall–Kier alpha value is -0.570. The predicted molar refractivity (Wildman–Crippen MR) is 63.2 cm³/mol. The first-order chi connectivity index (χ1) is 7.39. The Kier molecular flexibility index (Phi) is 4.36. The van der Waals surface area contributed by atoms with Crippen LogP contribution >= 0.6 is 0 Å². The van der Waals surface area contributed by atoms with Gasteiger partial charge in [0.2, 0.25) is 0 Å². The van der Waals surface area contributed by atoms with Crippen molar-refractivity contribution in [3.05, 3.63) is 0 Å². The summed E-state index contributed by atoms with van der Waals surface area (Å²) in [5.41, 5.74) is -0.509. The summed E-state index contributed by atoms with van der Waals surface area (Å²) in [6.45, 7) is 5.97. The summed E-state index contributed by atoms with van der Waals surface area (Å²) in [4.78, 5) is 10.9. The SMILES string of the molecule is CCC1CCC(C(C)(C)C(O)C(=O)O)CC1. The fourth-order valence-electron chi connectivity index (χ4n) is 2.86. The summed E-state index contributed by atoms with van der Waals surface area (Å²) in [6, 6.07) is 0. The van der Waals surface area contributed by atoms with Gasteiger partial charge in [-0.05, 0) is 24.7 Å². The summed E-state index contributed by atoms with van der Waals surface area (Å²) < 4.78 is 0. The van der Waals surface area contributed by atoms with Crippen molar-refractivity contribution in [2.24, 2.45) is 17.3 Å². The molecule has 16 heavy (non-hydrogen) atoms. The molecular formula is C13H24O3. The molecule has 94 valence electrons. The molecule has 1 fully saturated rings. The van der Waals surface area contributed by atoms with Crippen LogP contribution in [0, 0.1) is 17.3 Å². The van der Waals surface area contributed by atoms with Gasteiger partial charge in [-0.15, -0.1) is 0 Å². The second kappa shape index (κ2) is 5.17. The number of aliphatic carboxylic acids is 1. The maximum absolute atomic E-state index is 10.9. The van der Waals surface area contributed by atoms with E-state index in [0.29, 0.717) is 5.92 Å². The Morgan fingerprint density at radius 1 is 1.31 bits per heavy atom. The monoisotopic (exact) mass is 228 g/mol. The van der Waals surface area contributed by atoms with Crippen LogP contribution < -0.4 is 0 Å². The van der Waals surface area contributed by atoms with Crippen LogP contribution in [0.3, 0.4) is 0 Å². The van der Waals surface area contributed by atoms with Crippen LogP contribution in [-0.2, 0) is 4.79 Å². The largest absolute Gasteiger partial charge is 0.479 e. The van der Waals surface area contributed by atoms with E-state index in [4.69, 9.17) is 5.11 Å². The van der Waals surface area contributed by atoms with Crippen LogP contribution in [0.15, 0.2) is 0 Å². The molecule has 0 aromatic carbocycles. The molecule has 0 saturated heterocycles. The minimum absolute atomic E-state index is 0.335. The summed E-state index contributed by atoms with van der Waals surface area (Å²) >= 11 is 0. The summed E-state index contributed by atoms with van der Waals surface area (Å²) in [6.07, 6.45) is 4.43. The first kappa shape index (κ1) is 13.5. The number of aliphatic hydroxyl groups is 1. The Bertz CT molecular complexity index is 240. The van der Waals surface area contributed by atoms with Crippen molar-refractivity contribution in [2.45, 2.75) is 59.0 Å². The predicted octanol–water partition coefficient (Wildman–Crippen LogP) is 2.67. The number of carbonyl (C=O) groups is 1. The highest BCUT2D eigenvalue weighted by molar-refractivity contribution is 5.73. The van der Waals surface area contributed by atoms with Crippen molar-refractivity contribution in [3.8, 4) is 0 Å². The number of aliphatic hydroxyl groups excluding tert-OH is 1. The highest BCUT2D eigenvalue weighted by Crippen LogP contribution is 2.42. The lowest BCUT2D eigenvalue weighted by molar-refractivity contribution is -0.156. The molecule has 1 aliphatic carbocycles. The average molecular weight is 228 g/mol. The summed E-state index contributed by atoms with van der Waals surface area (Å²) in [7, 11) is 0. The Balaban J connectivity index is 2.60. The second-order valence-electron chi connectivity index (χ2n) is 5.69. The first-order valence-corrected chi connectivity index (χ1v) is 6.30. The van der Waals surface area contributed by atoms with Crippen LogP contribution in [0.25, 0.3) is 0 Å². The molecule has 0 amide bonds. The quantitative estimate of drug-likeness (QED) is 0.777. The molecule has 0 aromatic heterocycles. The third-order valence-electron chi connectivity index (χ3n) is 4.41. The van der Waals surface area contributed by atoms with Gasteiger partial charge in [-0.3, -0.25) is 0 Å². The van der Waals surface area contributed by atoms with E-state index < -0.39 is 17.5 Å². The van der Waals surface area contributed by atoms with Crippen molar-refractivity contribution in [1.82, 2.24) is 0 Å². The zero-order valence-corrected chi connectivity index (χ0v) is 10.6. The van der Waals surface area contributed by atoms with Gasteiger partial charge in [0.1, 0.15) is 0 Å². The van der Waals surface area contributed by atoms with Gasteiger partial charge in [0.15, 0.2) is 6.10 Å². The van der Waals surface area contributed by atoms with E-state index in [1.807, 2.05) is 13.8 Å². The molecule has 0 heterocycles. The van der Waals surface area contributed by atoms with Crippen LogP contribution in [0.4, 0.5) is 0 Å². The van der Waals surface area contributed by atoms with E-state index >= 15 is 0 Å². The van der Waals surface area contributed by atoms with Crippen molar-refractivity contribution in [3.63, 3.8) is 0 Å². The number of rotatable bonds is 4. The molecule has 1 rings (SSSR count). The first-order valence-electron chi connectivity index (χ1n) is 6.30. The zero-order valence-electron chi connectivity index (χ0n) is 10.6. The van der Waals surface area contributed by atoms with Crippen LogP contribution in [0.1, 0.15) is 52.9 Å². The van der Waals surface area contributed by atoms with Gasteiger partial charge in [-0.2, -0.15) is 0 Å². The van der Waals surface area contributed by atoms with E-state index in [-0.39, 0.29) is 0 Å². The highest BCUT2D eigenvalue weighted by atomic mass is 16.4. The number of carboxylic acids is 1. The summed E-state index contributed by atoms with van der Waals surface area (Å²) in [5.74, 6) is 0.0398. The maximum atomic E-state index is 10.9. The van der Waals surface area contributed by atoms with Gasteiger partial charge >= 0.3 is 5.97 Å². The topological polar surface area (TPSA) is 57.5 Å². The van der Waals surface area contributed by atoms with Gasteiger partial charge in [-0.1, -0.05) is 40.0 Å². The van der Waals surface area contributed by atoms with E-state index in [0.717, 1.165) is 18.8 Å². The molecule has 0 spiro atoms. The molecule has 3 nitrogen and oxygen atoms in total. The Labute approximate surface area is 97.9 Å². The standard InChI is InChI=1S/C13H24O3/c1-4-9-5-7-10(8-6-9)13(2,3)11(14)12(15)16/h9-11,14H,4-8H2,1-3H3,(H,15,16).